The average Bonchev–Trinajstić information content (AvgIpc) is 2.31. The second kappa shape index (κ2) is 12.5. The van der Waals surface area contributed by atoms with E-state index in [0.29, 0.717) is 13.0 Å². The highest BCUT2D eigenvalue weighted by molar-refractivity contribution is 8.76. The molecule has 102 valence electrons. The molecule has 0 spiro atoms. The first-order valence-corrected chi connectivity index (χ1v) is 8.64. The first-order valence-electron chi connectivity index (χ1n) is 6.15. The predicted octanol–water partition coefficient (Wildman–Crippen LogP) is 1.22. The van der Waals surface area contributed by atoms with Crippen molar-refractivity contribution in [2.45, 2.75) is 32.7 Å². The van der Waals surface area contributed by atoms with Gasteiger partial charge in [-0.15, -0.1) is 0 Å². The molecular formula is C11H25N3OS2. The SMILES string of the molecule is CCCNC(C)CC(=O)NCCSSCCN. The van der Waals surface area contributed by atoms with E-state index in [1.54, 1.807) is 21.6 Å². The van der Waals surface area contributed by atoms with Crippen LogP contribution in [-0.2, 0) is 4.79 Å². The van der Waals surface area contributed by atoms with Crippen LogP contribution in [0.3, 0.4) is 0 Å². The molecule has 0 aromatic rings. The van der Waals surface area contributed by atoms with Gasteiger partial charge in [0.1, 0.15) is 0 Å². The fourth-order valence-electron chi connectivity index (χ4n) is 1.21. The highest BCUT2D eigenvalue weighted by Crippen LogP contribution is 2.18. The van der Waals surface area contributed by atoms with Crippen LogP contribution in [0.15, 0.2) is 0 Å². The van der Waals surface area contributed by atoms with Crippen LogP contribution in [0, 0.1) is 0 Å². The normalized spacial score (nSPS) is 12.4. The Balaban J connectivity index is 3.33. The van der Waals surface area contributed by atoms with Gasteiger partial charge >= 0.3 is 0 Å². The van der Waals surface area contributed by atoms with E-state index in [4.69, 9.17) is 5.73 Å². The van der Waals surface area contributed by atoms with Gasteiger partial charge in [0.2, 0.25) is 5.91 Å². The fourth-order valence-corrected chi connectivity index (χ4v) is 2.97. The minimum Gasteiger partial charge on any atom is -0.355 e. The summed E-state index contributed by atoms with van der Waals surface area (Å²) in [6.07, 6.45) is 1.65. The standard InChI is InChI=1S/C11H25N3OS2/c1-3-5-13-10(2)9-11(15)14-6-8-17-16-7-4-12/h10,13H,3-9,12H2,1-2H3,(H,14,15). The summed E-state index contributed by atoms with van der Waals surface area (Å²) in [5, 5.41) is 6.22. The van der Waals surface area contributed by atoms with Gasteiger partial charge in [-0.05, 0) is 19.9 Å². The molecule has 0 bridgehead atoms. The Kier molecular flexibility index (Phi) is 12.6. The van der Waals surface area contributed by atoms with Crippen molar-refractivity contribution in [3.05, 3.63) is 0 Å². The van der Waals surface area contributed by atoms with Gasteiger partial charge < -0.3 is 16.4 Å². The number of nitrogens with two attached hydrogens (primary N) is 1. The maximum absolute atomic E-state index is 11.5. The van der Waals surface area contributed by atoms with Crippen molar-refractivity contribution in [3.8, 4) is 0 Å². The third-order valence-electron chi connectivity index (χ3n) is 2.03. The van der Waals surface area contributed by atoms with Crippen LogP contribution in [0.4, 0.5) is 0 Å². The Morgan fingerprint density at radius 2 is 2.00 bits per heavy atom. The summed E-state index contributed by atoms with van der Waals surface area (Å²) in [5.41, 5.74) is 5.38. The molecule has 0 saturated carbocycles. The molecule has 4 N–H and O–H groups in total. The average molecular weight is 279 g/mol. The van der Waals surface area contributed by atoms with E-state index >= 15 is 0 Å². The van der Waals surface area contributed by atoms with Gasteiger partial charge in [-0.2, -0.15) is 0 Å². The minimum atomic E-state index is 0.130. The van der Waals surface area contributed by atoms with E-state index < -0.39 is 0 Å². The summed E-state index contributed by atoms with van der Waals surface area (Å²) in [4.78, 5) is 11.5. The smallest absolute Gasteiger partial charge is 0.221 e. The molecule has 0 rings (SSSR count). The number of rotatable bonds is 11. The lowest BCUT2D eigenvalue weighted by molar-refractivity contribution is -0.121. The maximum Gasteiger partial charge on any atom is 0.221 e. The fraction of sp³-hybridized carbons (Fsp3) is 0.909. The number of hydrogen-bond acceptors (Lipinski definition) is 5. The summed E-state index contributed by atoms with van der Waals surface area (Å²) in [5.74, 6) is 2.04. The predicted molar refractivity (Wildman–Crippen MR) is 79.4 cm³/mol. The Bertz CT molecular complexity index is 194. The Morgan fingerprint density at radius 1 is 1.29 bits per heavy atom. The van der Waals surface area contributed by atoms with Crippen molar-refractivity contribution in [3.63, 3.8) is 0 Å². The lowest BCUT2D eigenvalue weighted by Crippen LogP contribution is -2.34. The molecule has 0 aliphatic heterocycles. The summed E-state index contributed by atoms with van der Waals surface area (Å²) in [6.45, 7) is 6.59. The van der Waals surface area contributed by atoms with Crippen molar-refractivity contribution < 1.29 is 4.79 Å². The van der Waals surface area contributed by atoms with Crippen molar-refractivity contribution in [1.29, 1.82) is 0 Å². The topological polar surface area (TPSA) is 67.2 Å². The molecule has 1 atom stereocenters. The lowest BCUT2D eigenvalue weighted by Gasteiger charge is -2.12. The Labute approximate surface area is 113 Å². The number of nitrogens with one attached hydrogen (secondary N) is 2. The van der Waals surface area contributed by atoms with E-state index in [0.717, 1.165) is 31.0 Å². The van der Waals surface area contributed by atoms with Crippen LogP contribution >= 0.6 is 21.6 Å². The number of amides is 1. The second-order valence-electron chi connectivity index (χ2n) is 3.84. The van der Waals surface area contributed by atoms with E-state index in [1.807, 2.05) is 6.92 Å². The minimum absolute atomic E-state index is 0.130. The van der Waals surface area contributed by atoms with Crippen LogP contribution in [0.25, 0.3) is 0 Å². The van der Waals surface area contributed by atoms with Gasteiger partial charge in [-0.1, -0.05) is 28.5 Å². The molecule has 0 saturated heterocycles. The molecule has 0 heterocycles. The molecule has 0 aliphatic carbocycles. The Hall–Kier alpha value is 0.0900. The van der Waals surface area contributed by atoms with Gasteiger partial charge in [0.25, 0.3) is 0 Å². The monoisotopic (exact) mass is 279 g/mol. The van der Waals surface area contributed by atoms with Gasteiger partial charge in [-0.25, -0.2) is 0 Å². The molecular weight excluding hydrogens is 254 g/mol. The molecule has 6 heteroatoms. The summed E-state index contributed by atoms with van der Waals surface area (Å²) in [6, 6.07) is 0.259. The maximum atomic E-state index is 11.5. The largest absolute Gasteiger partial charge is 0.355 e. The molecule has 0 fully saturated rings. The molecule has 0 aromatic heterocycles. The molecule has 0 aliphatic rings. The van der Waals surface area contributed by atoms with Crippen LogP contribution in [0.2, 0.25) is 0 Å². The van der Waals surface area contributed by atoms with Gasteiger partial charge in [0, 0.05) is 37.1 Å². The molecule has 1 amide bonds. The quantitative estimate of drug-likeness (QED) is 0.392. The summed E-state index contributed by atoms with van der Waals surface area (Å²) >= 11 is 0. The van der Waals surface area contributed by atoms with Gasteiger partial charge in [-0.3, -0.25) is 4.79 Å². The third-order valence-corrected chi connectivity index (χ3v) is 4.47. The van der Waals surface area contributed by atoms with Crippen molar-refractivity contribution in [2.75, 3.05) is 31.1 Å². The summed E-state index contributed by atoms with van der Waals surface area (Å²) in [7, 11) is 3.52. The zero-order chi connectivity index (χ0) is 12.9. The molecule has 17 heavy (non-hydrogen) atoms. The highest BCUT2D eigenvalue weighted by Gasteiger charge is 2.07. The summed E-state index contributed by atoms with van der Waals surface area (Å²) < 4.78 is 0. The van der Waals surface area contributed by atoms with Gasteiger partial charge in [0.15, 0.2) is 0 Å². The van der Waals surface area contributed by atoms with Crippen LogP contribution < -0.4 is 16.4 Å². The molecule has 0 radical (unpaired) electrons. The first-order chi connectivity index (χ1) is 8.20. The number of hydrogen-bond donors (Lipinski definition) is 3. The highest BCUT2D eigenvalue weighted by atomic mass is 33.1. The van der Waals surface area contributed by atoms with Crippen LogP contribution in [-0.4, -0.2) is 43.1 Å². The molecule has 0 aromatic carbocycles. The molecule has 4 nitrogen and oxygen atoms in total. The van der Waals surface area contributed by atoms with E-state index in [1.165, 1.54) is 0 Å². The zero-order valence-electron chi connectivity index (χ0n) is 10.8. The van der Waals surface area contributed by atoms with E-state index in [-0.39, 0.29) is 11.9 Å². The van der Waals surface area contributed by atoms with Crippen molar-refractivity contribution >= 4 is 27.5 Å². The molecule has 1 unspecified atom stereocenters. The number of carbonyl (C=O) groups is 1. The van der Waals surface area contributed by atoms with E-state index in [9.17, 15) is 4.79 Å². The van der Waals surface area contributed by atoms with E-state index in [2.05, 4.69) is 17.6 Å². The first kappa shape index (κ1) is 17.1. The van der Waals surface area contributed by atoms with Gasteiger partial charge in [0.05, 0.1) is 0 Å². The lowest BCUT2D eigenvalue weighted by atomic mass is 10.2. The zero-order valence-corrected chi connectivity index (χ0v) is 12.5. The second-order valence-corrected chi connectivity index (χ2v) is 6.54. The van der Waals surface area contributed by atoms with Crippen molar-refractivity contribution in [2.24, 2.45) is 5.73 Å². The van der Waals surface area contributed by atoms with Crippen LogP contribution in [0.5, 0.6) is 0 Å². The van der Waals surface area contributed by atoms with Crippen LogP contribution in [0.1, 0.15) is 26.7 Å². The van der Waals surface area contributed by atoms with Crippen molar-refractivity contribution in [1.82, 2.24) is 10.6 Å². The number of carbonyl (C=O) groups excluding carboxylic acids is 1. The Morgan fingerprint density at radius 3 is 2.65 bits per heavy atom. The third kappa shape index (κ3) is 12.3.